The molecule has 0 saturated heterocycles. The maximum atomic E-state index is 12.4. The fourth-order valence-electron chi connectivity index (χ4n) is 2.94. The Hall–Kier alpha value is -2.66. The maximum Gasteiger partial charge on any atom is 0.339 e. The fourth-order valence-corrected chi connectivity index (χ4v) is 2.94. The molecule has 3 rings (SSSR count). The number of benzene rings is 2. The van der Waals surface area contributed by atoms with Gasteiger partial charge in [-0.25, -0.2) is 4.79 Å². The molecule has 0 atom stereocenters. The SMILES string of the molecule is CN(C)Cc1ccc(COC(=O)c2cccc3c2C(=O)CCN3)cc1. The average molecular weight is 338 g/mol. The number of carbonyl (C=O) groups is 2. The number of anilines is 1. The predicted molar refractivity (Wildman–Crippen MR) is 96.8 cm³/mol. The summed E-state index contributed by atoms with van der Waals surface area (Å²) in [5.41, 5.74) is 3.61. The van der Waals surface area contributed by atoms with E-state index in [2.05, 4.69) is 10.2 Å². The molecule has 0 saturated carbocycles. The lowest BCUT2D eigenvalue weighted by atomic mass is 9.96. The van der Waals surface area contributed by atoms with E-state index >= 15 is 0 Å². The van der Waals surface area contributed by atoms with Crippen molar-refractivity contribution in [2.75, 3.05) is 26.0 Å². The predicted octanol–water partition coefficient (Wildman–Crippen LogP) is 3.10. The lowest BCUT2D eigenvalue weighted by molar-refractivity contribution is 0.0469. The minimum atomic E-state index is -0.466. The maximum absolute atomic E-state index is 12.4. The van der Waals surface area contributed by atoms with Crippen LogP contribution in [0.5, 0.6) is 0 Å². The van der Waals surface area contributed by atoms with Crippen molar-refractivity contribution < 1.29 is 14.3 Å². The van der Waals surface area contributed by atoms with Crippen molar-refractivity contribution >= 4 is 17.4 Å². The Kier molecular flexibility index (Phi) is 5.14. The molecule has 1 aliphatic heterocycles. The molecule has 5 nitrogen and oxygen atoms in total. The third kappa shape index (κ3) is 4.06. The number of ether oxygens (including phenoxy) is 1. The van der Waals surface area contributed by atoms with Crippen molar-refractivity contribution in [3.8, 4) is 0 Å². The molecule has 2 aromatic rings. The van der Waals surface area contributed by atoms with Crippen LogP contribution in [0.2, 0.25) is 0 Å². The van der Waals surface area contributed by atoms with Crippen LogP contribution in [0, 0.1) is 0 Å². The quantitative estimate of drug-likeness (QED) is 0.849. The molecule has 25 heavy (non-hydrogen) atoms. The minimum absolute atomic E-state index is 0.0191. The number of fused-ring (bicyclic) bond motifs is 1. The van der Waals surface area contributed by atoms with E-state index in [1.807, 2.05) is 44.4 Å². The van der Waals surface area contributed by atoms with Crippen molar-refractivity contribution in [1.29, 1.82) is 0 Å². The normalized spacial score (nSPS) is 13.3. The molecule has 0 unspecified atom stereocenters. The molecule has 0 aliphatic carbocycles. The molecule has 130 valence electrons. The first-order chi connectivity index (χ1) is 12.0. The number of Topliss-reactive ketones (excluding diaryl/α,β-unsaturated/α-hetero) is 1. The number of hydrogen-bond acceptors (Lipinski definition) is 5. The van der Waals surface area contributed by atoms with E-state index in [1.165, 1.54) is 5.56 Å². The van der Waals surface area contributed by atoms with Gasteiger partial charge in [-0.05, 0) is 37.4 Å². The van der Waals surface area contributed by atoms with Crippen molar-refractivity contribution in [2.24, 2.45) is 0 Å². The molecular formula is C20H22N2O3. The van der Waals surface area contributed by atoms with Crippen molar-refractivity contribution in [3.05, 3.63) is 64.7 Å². The van der Waals surface area contributed by atoms with Gasteiger partial charge in [0.25, 0.3) is 0 Å². The highest BCUT2D eigenvalue weighted by Gasteiger charge is 2.24. The van der Waals surface area contributed by atoms with Crippen molar-refractivity contribution in [2.45, 2.75) is 19.6 Å². The number of carbonyl (C=O) groups excluding carboxylic acids is 2. The highest BCUT2D eigenvalue weighted by Crippen LogP contribution is 2.26. The molecule has 2 aromatic carbocycles. The molecule has 0 spiro atoms. The summed E-state index contributed by atoms with van der Waals surface area (Å²) in [5, 5.41) is 3.15. The third-order valence-corrected chi connectivity index (χ3v) is 4.12. The molecule has 1 heterocycles. The van der Waals surface area contributed by atoms with Crippen LogP contribution in [0.3, 0.4) is 0 Å². The molecule has 5 heteroatoms. The van der Waals surface area contributed by atoms with E-state index < -0.39 is 5.97 Å². The average Bonchev–Trinajstić information content (AvgIpc) is 2.60. The monoisotopic (exact) mass is 338 g/mol. The zero-order valence-electron chi connectivity index (χ0n) is 14.5. The van der Waals surface area contributed by atoms with E-state index in [0.717, 1.165) is 12.1 Å². The summed E-state index contributed by atoms with van der Waals surface area (Å²) < 4.78 is 5.42. The van der Waals surface area contributed by atoms with Crippen LogP contribution in [0.4, 0.5) is 5.69 Å². The number of esters is 1. The number of hydrogen-bond donors (Lipinski definition) is 1. The van der Waals surface area contributed by atoms with Crippen LogP contribution in [0.15, 0.2) is 42.5 Å². The molecule has 0 amide bonds. The van der Waals surface area contributed by atoms with Gasteiger partial charge in [-0.15, -0.1) is 0 Å². The standard InChI is InChI=1S/C20H22N2O3/c1-22(2)12-14-6-8-15(9-7-14)13-25-20(24)16-4-3-5-17-19(16)18(23)10-11-21-17/h3-9,21H,10-13H2,1-2H3. The Labute approximate surface area is 147 Å². The summed E-state index contributed by atoms with van der Waals surface area (Å²) in [6.07, 6.45) is 0.393. The summed E-state index contributed by atoms with van der Waals surface area (Å²) in [6.45, 7) is 1.65. The minimum Gasteiger partial charge on any atom is -0.457 e. The third-order valence-electron chi connectivity index (χ3n) is 4.12. The van der Waals surface area contributed by atoms with Crippen LogP contribution in [-0.4, -0.2) is 37.3 Å². The lowest BCUT2D eigenvalue weighted by Gasteiger charge is -2.19. The van der Waals surface area contributed by atoms with Gasteiger partial charge in [-0.1, -0.05) is 30.3 Å². The molecule has 0 fully saturated rings. The van der Waals surface area contributed by atoms with Gasteiger partial charge in [-0.2, -0.15) is 0 Å². The highest BCUT2D eigenvalue weighted by molar-refractivity contribution is 6.11. The van der Waals surface area contributed by atoms with Crippen LogP contribution in [0.1, 0.15) is 38.3 Å². The van der Waals surface area contributed by atoms with Gasteiger partial charge in [-0.3, -0.25) is 4.79 Å². The fraction of sp³-hybridized carbons (Fsp3) is 0.300. The highest BCUT2D eigenvalue weighted by atomic mass is 16.5. The zero-order chi connectivity index (χ0) is 17.8. The van der Waals surface area contributed by atoms with E-state index in [-0.39, 0.29) is 12.4 Å². The second kappa shape index (κ2) is 7.49. The summed E-state index contributed by atoms with van der Waals surface area (Å²) in [4.78, 5) is 26.7. The Bertz CT molecular complexity index is 782. The smallest absolute Gasteiger partial charge is 0.339 e. The summed E-state index contributed by atoms with van der Waals surface area (Å²) in [5.74, 6) is -0.486. The molecule has 0 bridgehead atoms. The number of ketones is 1. The van der Waals surface area contributed by atoms with Gasteiger partial charge in [0.15, 0.2) is 5.78 Å². The van der Waals surface area contributed by atoms with Gasteiger partial charge in [0.2, 0.25) is 0 Å². The largest absolute Gasteiger partial charge is 0.457 e. The summed E-state index contributed by atoms with van der Waals surface area (Å²) in [6, 6.07) is 13.2. The van der Waals surface area contributed by atoms with Gasteiger partial charge in [0.1, 0.15) is 6.61 Å². The second-order valence-corrected chi connectivity index (χ2v) is 6.46. The first-order valence-corrected chi connectivity index (χ1v) is 8.34. The number of rotatable bonds is 5. The van der Waals surface area contributed by atoms with Crippen LogP contribution in [-0.2, 0) is 17.9 Å². The molecular weight excluding hydrogens is 316 g/mol. The molecule has 0 aromatic heterocycles. The van der Waals surface area contributed by atoms with Gasteiger partial charge < -0.3 is 15.0 Å². The summed E-state index contributed by atoms with van der Waals surface area (Å²) in [7, 11) is 4.04. The topological polar surface area (TPSA) is 58.6 Å². The number of nitrogens with zero attached hydrogens (tertiary/aromatic N) is 1. The Balaban J connectivity index is 1.68. The van der Waals surface area contributed by atoms with Gasteiger partial charge >= 0.3 is 5.97 Å². The summed E-state index contributed by atoms with van der Waals surface area (Å²) >= 11 is 0. The molecule has 0 radical (unpaired) electrons. The second-order valence-electron chi connectivity index (χ2n) is 6.46. The lowest BCUT2D eigenvalue weighted by Crippen LogP contribution is -2.21. The molecule has 1 N–H and O–H groups in total. The van der Waals surface area contributed by atoms with Crippen LogP contribution in [0.25, 0.3) is 0 Å². The van der Waals surface area contributed by atoms with E-state index in [4.69, 9.17) is 4.74 Å². The van der Waals surface area contributed by atoms with E-state index in [1.54, 1.807) is 12.1 Å². The van der Waals surface area contributed by atoms with Crippen molar-refractivity contribution in [1.82, 2.24) is 4.90 Å². The Morgan fingerprint density at radius 3 is 2.56 bits per heavy atom. The Morgan fingerprint density at radius 2 is 1.84 bits per heavy atom. The van der Waals surface area contributed by atoms with Crippen LogP contribution < -0.4 is 5.32 Å². The Morgan fingerprint density at radius 1 is 1.12 bits per heavy atom. The van der Waals surface area contributed by atoms with Gasteiger partial charge in [0, 0.05) is 25.2 Å². The van der Waals surface area contributed by atoms with Gasteiger partial charge in [0.05, 0.1) is 11.1 Å². The van der Waals surface area contributed by atoms with E-state index in [0.29, 0.717) is 29.8 Å². The van der Waals surface area contributed by atoms with E-state index in [9.17, 15) is 9.59 Å². The van der Waals surface area contributed by atoms with Crippen molar-refractivity contribution in [3.63, 3.8) is 0 Å². The van der Waals surface area contributed by atoms with Crippen LogP contribution >= 0.6 is 0 Å². The first kappa shape index (κ1) is 17.2. The number of nitrogens with one attached hydrogen (secondary N) is 1. The zero-order valence-corrected chi connectivity index (χ0v) is 14.5. The molecule has 1 aliphatic rings. The first-order valence-electron chi connectivity index (χ1n) is 8.34.